The van der Waals surface area contributed by atoms with Crippen molar-refractivity contribution in [1.82, 2.24) is 19.6 Å². The number of unbranched alkanes of at least 4 members (excludes halogenated alkanes) is 9. The molecular weight excluding hydrogens is 400 g/mol. The molecule has 0 aromatic rings. The van der Waals surface area contributed by atoms with Crippen molar-refractivity contribution in [1.29, 1.82) is 0 Å². The zero-order chi connectivity index (χ0) is 22.9. The van der Waals surface area contributed by atoms with Gasteiger partial charge >= 0.3 is 0 Å². The van der Waals surface area contributed by atoms with Gasteiger partial charge in [-0.1, -0.05) is 64.7 Å². The Morgan fingerprint density at radius 3 is 1.69 bits per heavy atom. The molecule has 0 bridgehead atoms. The van der Waals surface area contributed by atoms with Crippen LogP contribution in [-0.4, -0.2) is 123 Å². The molecule has 6 heteroatoms. The van der Waals surface area contributed by atoms with Gasteiger partial charge in [-0.2, -0.15) is 0 Å². The van der Waals surface area contributed by atoms with Crippen molar-refractivity contribution >= 4 is 0 Å². The lowest BCUT2D eigenvalue weighted by Gasteiger charge is -2.38. The van der Waals surface area contributed by atoms with Gasteiger partial charge in [-0.3, -0.25) is 14.7 Å². The Hall–Kier alpha value is -0.240. The molecule has 0 radical (unpaired) electrons. The van der Waals surface area contributed by atoms with E-state index in [1.54, 1.807) is 0 Å². The molecule has 0 saturated carbocycles. The van der Waals surface area contributed by atoms with Crippen molar-refractivity contribution in [3.8, 4) is 0 Å². The van der Waals surface area contributed by atoms with Gasteiger partial charge < -0.3 is 14.7 Å². The molecule has 2 saturated heterocycles. The van der Waals surface area contributed by atoms with Gasteiger partial charge in [0.2, 0.25) is 0 Å². The molecule has 0 amide bonds. The predicted octanol–water partition coefficient (Wildman–Crippen LogP) is 3.15. The number of hydrogen-bond acceptors (Lipinski definition) is 6. The van der Waals surface area contributed by atoms with E-state index in [0.29, 0.717) is 6.61 Å². The first-order valence-corrected chi connectivity index (χ1v) is 13.8. The minimum Gasteiger partial charge on any atom is -0.389 e. The summed E-state index contributed by atoms with van der Waals surface area (Å²) in [5, 5.41) is 10.3. The van der Waals surface area contributed by atoms with Crippen LogP contribution in [0.1, 0.15) is 71.1 Å². The number of piperazine rings is 2. The van der Waals surface area contributed by atoms with E-state index >= 15 is 0 Å². The van der Waals surface area contributed by atoms with E-state index in [4.69, 9.17) is 4.74 Å². The molecular formula is C26H54N4O2. The predicted molar refractivity (Wildman–Crippen MR) is 135 cm³/mol. The Morgan fingerprint density at radius 2 is 1.12 bits per heavy atom. The van der Waals surface area contributed by atoms with Crippen LogP contribution in [0.4, 0.5) is 0 Å². The lowest BCUT2D eigenvalue weighted by molar-refractivity contribution is 0.00530. The maximum Gasteiger partial charge on any atom is 0.0900 e. The Morgan fingerprint density at radius 1 is 0.656 bits per heavy atom. The standard InChI is InChI=1S/C26H54N4O2/c1-3-4-5-6-7-8-9-10-11-12-23-32-25-26(31)24-30-21-19-29(20-22-30)18-17-28-15-13-27(2)14-16-28/h26,31H,3-25H2,1-2H3. The largest absolute Gasteiger partial charge is 0.389 e. The molecule has 2 aliphatic rings. The second-order valence-corrected chi connectivity index (χ2v) is 10.2. The number of likely N-dealkylation sites (N-methyl/N-ethyl adjacent to an activating group) is 1. The van der Waals surface area contributed by atoms with Crippen LogP contribution in [0.5, 0.6) is 0 Å². The lowest BCUT2D eigenvalue weighted by atomic mass is 10.1. The number of aliphatic hydroxyl groups excluding tert-OH is 1. The first-order valence-electron chi connectivity index (χ1n) is 13.8. The van der Waals surface area contributed by atoms with Crippen LogP contribution in [-0.2, 0) is 4.74 Å². The van der Waals surface area contributed by atoms with E-state index in [-0.39, 0.29) is 6.10 Å². The van der Waals surface area contributed by atoms with Gasteiger partial charge in [0.1, 0.15) is 0 Å². The zero-order valence-corrected chi connectivity index (χ0v) is 21.5. The monoisotopic (exact) mass is 454 g/mol. The number of hydrogen-bond donors (Lipinski definition) is 1. The summed E-state index contributed by atoms with van der Waals surface area (Å²) in [6, 6.07) is 0. The van der Waals surface area contributed by atoms with Gasteiger partial charge in [0.05, 0.1) is 12.7 Å². The van der Waals surface area contributed by atoms with E-state index in [9.17, 15) is 5.11 Å². The third-order valence-electron chi connectivity index (χ3n) is 7.21. The molecule has 0 aromatic heterocycles. The molecule has 1 N–H and O–H groups in total. The average Bonchev–Trinajstić information content (AvgIpc) is 2.80. The van der Waals surface area contributed by atoms with Crippen molar-refractivity contribution in [3.05, 3.63) is 0 Å². The van der Waals surface area contributed by atoms with Gasteiger partial charge in [-0.15, -0.1) is 0 Å². The van der Waals surface area contributed by atoms with E-state index in [2.05, 4.69) is 33.6 Å². The van der Waals surface area contributed by atoms with Crippen molar-refractivity contribution in [2.45, 2.75) is 77.2 Å². The first kappa shape index (κ1) is 28.0. The van der Waals surface area contributed by atoms with Crippen LogP contribution in [0.25, 0.3) is 0 Å². The fraction of sp³-hybridized carbons (Fsp3) is 1.00. The molecule has 0 aliphatic carbocycles. The third kappa shape index (κ3) is 13.5. The van der Waals surface area contributed by atoms with Crippen LogP contribution in [0.3, 0.4) is 0 Å². The second-order valence-electron chi connectivity index (χ2n) is 10.2. The van der Waals surface area contributed by atoms with Gasteiger partial charge in [0, 0.05) is 78.6 Å². The van der Waals surface area contributed by atoms with Crippen molar-refractivity contribution < 1.29 is 9.84 Å². The Balaban J connectivity index is 1.36. The lowest BCUT2D eigenvalue weighted by Crippen LogP contribution is -2.52. The summed E-state index contributed by atoms with van der Waals surface area (Å²) in [6.07, 6.45) is 13.1. The summed E-state index contributed by atoms with van der Waals surface area (Å²) in [5.74, 6) is 0. The van der Waals surface area contributed by atoms with Gasteiger partial charge in [-0.25, -0.2) is 0 Å². The molecule has 190 valence electrons. The number of rotatable bonds is 18. The molecule has 0 spiro atoms. The minimum absolute atomic E-state index is 0.352. The summed E-state index contributed by atoms with van der Waals surface area (Å²) < 4.78 is 5.75. The second kappa shape index (κ2) is 18.1. The maximum absolute atomic E-state index is 10.3. The van der Waals surface area contributed by atoms with Crippen LogP contribution in [0.2, 0.25) is 0 Å². The van der Waals surface area contributed by atoms with Gasteiger partial charge in [0.15, 0.2) is 0 Å². The molecule has 1 unspecified atom stereocenters. The molecule has 2 aliphatic heterocycles. The fourth-order valence-corrected chi connectivity index (χ4v) is 4.81. The molecule has 32 heavy (non-hydrogen) atoms. The van der Waals surface area contributed by atoms with Gasteiger partial charge in [0.25, 0.3) is 0 Å². The normalized spacial score (nSPS) is 20.7. The van der Waals surface area contributed by atoms with E-state index in [0.717, 1.165) is 45.8 Å². The summed E-state index contributed by atoms with van der Waals surface area (Å²) in [7, 11) is 2.22. The topological polar surface area (TPSA) is 42.4 Å². The molecule has 2 heterocycles. The number of β-amino-alcohol motifs (C(OH)–C–C–N with tert-alkyl or cyclic N) is 1. The van der Waals surface area contributed by atoms with Crippen molar-refractivity contribution in [2.75, 3.05) is 92.3 Å². The van der Waals surface area contributed by atoms with E-state index < -0.39 is 0 Å². The maximum atomic E-state index is 10.3. The van der Waals surface area contributed by atoms with E-state index in [1.807, 2.05) is 0 Å². The molecule has 2 rings (SSSR count). The van der Waals surface area contributed by atoms with Crippen LogP contribution in [0, 0.1) is 0 Å². The van der Waals surface area contributed by atoms with Crippen LogP contribution in [0.15, 0.2) is 0 Å². The number of ether oxygens (including phenoxy) is 1. The fourth-order valence-electron chi connectivity index (χ4n) is 4.81. The Labute approximate surface area is 199 Å². The number of nitrogens with zero attached hydrogens (tertiary/aromatic N) is 4. The Kier molecular flexibility index (Phi) is 15.9. The van der Waals surface area contributed by atoms with E-state index in [1.165, 1.54) is 97.1 Å². The minimum atomic E-state index is -0.352. The van der Waals surface area contributed by atoms with Crippen LogP contribution >= 0.6 is 0 Å². The third-order valence-corrected chi connectivity index (χ3v) is 7.21. The SMILES string of the molecule is CCCCCCCCCCCCOCC(O)CN1CCN(CCN2CCN(C)CC2)CC1. The Bertz CT molecular complexity index is 424. The molecule has 1 atom stereocenters. The summed E-state index contributed by atoms with van der Waals surface area (Å²) >= 11 is 0. The highest BCUT2D eigenvalue weighted by Gasteiger charge is 2.20. The summed E-state index contributed by atoms with van der Waals surface area (Å²) in [6.45, 7) is 15.9. The van der Waals surface area contributed by atoms with Crippen LogP contribution < -0.4 is 0 Å². The highest BCUT2D eigenvalue weighted by Crippen LogP contribution is 2.11. The molecule has 0 aromatic carbocycles. The molecule has 2 fully saturated rings. The van der Waals surface area contributed by atoms with Crippen molar-refractivity contribution in [2.24, 2.45) is 0 Å². The highest BCUT2D eigenvalue weighted by molar-refractivity contribution is 4.76. The van der Waals surface area contributed by atoms with Crippen molar-refractivity contribution in [3.63, 3.8) is 0 Å². The molecule has 6 nitrogen and oxygen atoms in total. The average molecular weight is 455 g/mol. The smallest absolute Gasteiger partial charge is 0.0900 e. The summed E-state index contributed by atoms with van der Waals surface area (Å²) in [5.41, 5.74) is 0. The highest BCUT2D eigenvalue weighted by atomic mass is 16.5. The summed E-state index contributed by atoms with van der Waals surface area (Å²) in [4.78, 5) is 10.0. The number of aliphatic hydroxyl groups is 1. The zero-order valence-electron chi connectivity index (χ0n) is 21.5. The quantitative estimate of drug-likeness (QED) is 0.321. The first-order chi connectivity index (χ1) is 15.7. The van der Waals surface area contributed by atoms with Gasteiger partial charge in [-0.05, 0) is 13.5 Å².